The first-order chi connectivity index (χ1) is 14.3. The van der Waals surface area contributed by atoms with Crippen LogP contribution in [0.25, 0.3) is 11.4 Å². The molecule has 1 heterocycles. The monoisotopic (exact) mass is 422 g/mol. The maximum atomic E-state index is 13.4. The lowest BCUT2D eigenvalue weighted by atomic mass is 10.0. The van der Waals surface area contributed by atoms with Gasteiger partial charge >= 0.3 is 0 Å². The van der Waals surface area contributed by atoms with E-state index in [4.69, 9.17) is 0 Å². The maximum absolute atomic E-state index is 13.4. The predicted octanol–water partition coefficient (Wildman–Crippen LogP) is 5.27. The third-order valence-corrected chi connectivity index (χ3v) is 6.02. The summed E-state index contributed by atoms with van der Waals surface area (Å²) in [6.07, 6.45) is 0. The van der Waals surface area contributed by atoms with Crippen LogP contribution in [0.15, 0.2) is 65.8 Å². The quantitative estimate of drug-likeness (QED) is 0.487. The molecule has 158 valence electrons. The van der Waals surface area contributed by atoms with Gasteiger partial charge in [0.05, 0.1) is 5.25 Å². The second kappa shape index (κ2) is 9.47. The molecule has 1 atom stereocenters. The Morgan fingerprint density at radius 2 is 1.63 bits per heavy atom. The van der Waals surface area contributed by atoms with E-state index >= 15 is 0 Å². The van der Waals surface area contributed by atoms with Crippen LogP contribution >= 0.6 is 11.8 Å². The summed E-state index contributed by atoms with van der Waals surface area (Å²) in [7, 11) is 0. The Bertz CT molecular complexity index is 964. The fourth-order valence-electron chi connectivity index (χ4n) is 3.30. The molecular weight excluding hydrogens is 392 g/mol. The lowest BCUT2D eigenvalue weighted by Gasteiger charge is -2.37. The Hall–Kier alpha value is -2.60. The molecule has 0 saturated carbocycles. The van der Waals surface area contributed by atoms with Gasteiger partial charge in [-0.2, -0.15) is 0 Å². The molecule has 0 fully saturated rings. The molecule has 1 amide bonds. The van der Waals surface area contributed by atoms with Gasteiger partial charge in [-0.05, 0) is 40.2 Å². The summed E-state index contributed by atoms with van der Waals surface area (Å²) in [6.45, 7) is 11.6. The van der Waals surface area contributed by atoms with E-state index < -0.39 is 0 Å². The number of aromatic nitrogens is 3. The van der Waals surface area contributed by atoms with Crippen molar-refractivity contribution < 1.29 is 4.79 Å². The van der Waals surface area contributed by atoms with Gasteiger partial charge in [-0.25, -0.2) is 0 Å². The Labute approximate surface area is 183 Å². The van der Waals surface area contributed by atoms with E-state index in [0.29, 0.717) is 6.54 Å². The van der Waals surface area contributed by atoms with Crippen molar-refractivity contribution in [1.82, 2.24) is 19.7 Å². The van der Waals surface area contributed by atoms with E-state index in [2.05, 4.69) is 54.6 Å². The summed E-state index contributed by atoms with van der Waals surface area (Å²) in [4.78, 5) is 15.4. The second-order valence-electron chi connectivity index (χ2n) is 8.26. The van der Waals surface area contributed by atoms with Crippen LogP contribution in [-0.2, 0) is 17.9 Å². The smallest absolute Gasteiger partial charge is 0.236 e. The van der Waals surface area contributed by atoms with Crippen molar-refractivity contribution in [3.05, 3.63) is 66.2 Å². The van der Waals surface area contributed by atoms with Crippen LogP contribution in [0, 0.1) is 0 Å². The molecule has 0 bridgehead atoms. The summed E-state index contributed by atoms with van der Waals surface area (Å²) in [5.74, 6) is 0.931. The molecule has 30 heavy (non-hydrogen) atoms. The van der Waals surface area contributed by atoms with Gasteiger partial charge in [-0.3, -0.25) is 4.79 Å². The van der Waals surface area contributed by atoms with Gasteiger partial charge in [0.15, 0.2) is 11.0 Å². The Morgan fingerprint density at radius 3 is 2.20 bits per heavy atom. The minimum atomic E-state index is -0.282. The summed E-state index contributed by atoms with van der Waals surface area (Å²) < 4.78 is 2.07. The van der Waals surface area contributed by atoms with Crippen LogP contribution in [0.1, 0.15) is 40.2 Å². The number of hydrogen-bond acceptors (Lipinski definition) is 4. The zero-order valence-corrected chi connectivity index (χ0v) is 19.2. The fraction of sp³-hybridized carbons (Fsp3) is 0.375. The largest absolute Gasteiger partial charge is 0.333 e. The van der Waals surface area contributed by atoms with Crippen molar-refractivity contribution in [2.45, 2.75) is 63.7 Å². The van der Waals surface area contributed by atoms with Crippen LogP contribution in [-0.4, -0.2) is 36.4 Å². The first kappa shape index (κ1) is 22.1. The lowest BCUT2D eigenvalue weighted by molar-refractivity contribution is -0.135. The molecule has 0 radical (unpaired) electrons. The van der Waals surface area contributed by atoms with E-state index in [-0.39, 0.29) is 16.7 Å². The molecule has 0 aliphatic heterocycles. The summed E-state index contributed by atoms with van der Waals surface area (Å²) in [5.41, 5.74) is 1.87. The van der Waals surface area contributed by atoms with Crippen molar-refractivity contribution in [3.63, 3.8) is 0 Å². The molecule has 0 N–H and O–H groups in total. The molecule has 1 aromatic heterocycles. The maximum Gasteiger partial charge on any atom is 0.236 e. The highest BCUT2D eigenvalue weighted by atomic mass is 32.2. The van der Waals surface area contributed by atoms with Gasteiger partial charge in [0.25, 0.3) is 0 Å². The zero-order valence-electron chi connectivity index (χ0n) is 18.4. The molecule has 2 aromatic carbocycles. The van der Waals surface area contributed by atoms with Gasteiger partial charge in [0.1, 0.15) is 0 Å². The van der Waals surface area contributed by atoms with Crippen LogP contribution < -0.4 is 0 Å². The van der Waals surface area contributed by atoms with Crippen molar-refractivity contribution >= 4 is 17.7 Å². The topological polar surface area (TPSA) is 51.0 Å². The van der Waals surface area contributed by atoms with Gasteiger partial charge < -0.3 is 9.47 Å². The first-order valence-corrected chi connectivity index (χ1v) is 11.2. The normalized spacial score (nSPS) is 12.6. The van der Waals surface area contributed by atoms with Crippen molar-refractivity contribution in [2.75, 3.05) is 0 Å². The Morgan fingerprint density at radius 1 is 1.03 bits per heavy atom. The van der Waals surface area contributed by atoms with Crippen LogP contribution in [0.2, 0.25) is 0 Å². The molecule has 6 heteroatoms. The highest BCUT2D eigenvalue weighted by molar-refractivity contribution is 8.00. The summed E-state index contributed by atoms with van der Waals surface area (Å²) in [5, 5.41) is 9.29. The number of carbonyl (C=O) groups excluding carboxylic acids is 1. The number of nitrogens with zero attached hydrogens (tertiary/aromatic N) is 4. The minimum absolute atomic E-state index is 0.100. The standard InChI is InChI=1S/C24H30N4OS/c1-6-27-21(20-15-11-8-12-16-20)25-26-23(27)30-18(2)22(29)28(24(3,4)5)17-19-13-9-7-10-14-19/h7-16,18H,6,17H2,1-5H3/t18-/m0/s1. The summed E-state index contributed by atoms with van der Waals surface area (Å²) >= 11 is 1.47. The minimum Gasteiger partial charge on any atom is -0.333 e. The van der Waals surface area contributed by atoms with Crippen LogP contribution in [0.4, 0.5) is 0 Å². The van der Waals surface area contributed by atoms with Gasteiger partial charge in [-0.1, -0.05) is 72.4 Å². The lowest BCUT2D eigenvalue weighted by Crippen LogP contribution is -2.48. The molecule has 0 unspecified atom stereocenters. The van der Waals surface area contributed by atoms with Crippen LogP contribution in [0.5, 0.6) is 0 Å². The number of carbonyl (C=O) groups is 1. The van der Waals surface area contributed by atoms with E-state index in [9.17, 15) is 4.79 Å². The van der Waals surface area contributed by atoms with Crippen molar-refractivity contribution in [3.8, 4) is 11.4 Å². The molecule has 0 aliphatic rings. The van der Waals surface area contributed by atoms with E-state index in [1.165, 1.54) is 11.8 Å². The highest BCUT2D eigenvalue weighted by Crippen LogP contribution is 2.29. The second-order valence-corrected chi connectivity index (χ2v) is 9.57. The molecule has 0 aliphatic carbocycles. The fourth-order valence-corrected chi connectivity index (χ4v) is 4.28. The number of benzene rings is 2. The number of rotatable bonds is 7. The first-order valence-electron chi connectivity index (χ1n) is 10.3. The molecular formula is C24H30N4OS. The average Bonchev–Trinajstić information content (AvgIpc) is 3.14. The molecule has 5 nitrogen and oxygen atoms in total. The van der Waals surface area contributed by atoms with E-state index in [1.807, 2.05) is 60.4 Å². The Balaban J connectivity index is 1.81. The molecule has 0 spiro atoms. The third-order valence-electron chi connectivity index (χ3n) is 4.95. The van der Waals surface area contributed by atoms with E-state index in [0.717, 1.165) is 28.7 Å². The SMILES string of the molecule is CCn1c(S[C@@H](C)C(=O)N(Cc2ccccc2)C(C)(C)C)nnc1-c1ccccc1. The molecule has 3 rings (SSSR count). The molecule has 0 saturated heterocycles. The van der Waals surface area contributed by atoms with Crippen LogP contribution in [0.3, 0.4) is 0 Å². The highest BCUT2D eigenvalue weighted by Gasteiger charge is 2.31. The van der Waals surface area contributed by atoms with Gasteiger partial charge in [-0.15, -0.1) is 10.2 Å². The van der Waals surface area contributed by atoms with Crippen molar-refractivity contribution in [2.24, 2.45) is 0 Å². The predicted molar refractivity (Wildman–Crippen MR) is 123 cm³/mol. The summed E-state index contributed by atoms with van der Waals surface area (Å²) in [6, 6.07) is 20.2. The number of hydrogen-bond donors (Lipinski definition) is 0. The van der Waals surface area contributed by atoms with Gasteiger partial charge in [0.2, 0.25) is 5.91 Å². The average molecular weight is 423 g/mol. The zero-order chi connectivity index (χ0) is 21.7. The van der Waals surface area contributed by atoms with Gasteiger partial charge in [0, 0.05) is 24.2 Å². The Kier molecular flexibility index (Phi) is 6.98. The molecule has 3 aromatic rings. The third kappa shape index (κ3) is 5.11. The van der Waals surface area contributed by atoms with Crippen molar-refractivity contribution in [1.29, 1.82) is 0 Å². The van der Waals surface area contributed by atoms with E-state index in [1.54, 1.807) is 0 Å². The number of thioether (sulfide) groups is 1. The number of amides is 1.